The number of rotatable bonds is 31. The van der Waals surface area contributed by atoms with Gasteiger partial charge in [-0.05, 0) is 131 Å². The Balaban J connectivity index is 1.55. The molecular formula is C53H70Cl3N21O8. The quantitative estimate of drug-likeness (QED) is 0.0188. The van der Waals surface area contributed by atoms with Crippen LogP contribution in [0.15, 0.2) is 92.8 Å². The predicted molar refractivity (Wildman–Crippen MR) is 330 cm³/mol. The van der Waals surface area contributed by atoms with Gasteiger partial charge in [0.2, 0.25) is 29.5 Å². The highest BCUT2D eigenvalue weighted by Gasteiger charge is 2.28. The topological polar surface area (TPSA) is 530 Å². The first-order valence-corrected chi connectivity index (χ1v) is 27.3. The summed E-state index contributed by atoms with van der Waals surface area (Å²) >= 11 is 19.1. The molecule has 0 bridgehead atoms. The number of nitrogens with two attached hydrogens (primary N) is 10. The van der Waals surface area contributed by atoms with Gasteiger partial charge < -0.3 is 94.6 Å². The van der Waals surface area contributed by atoms with Crippen molar-refractivity contribution in [2.24, 2.45) is 77.3 Å². The fourth-order valence-corrected chi connectivity index (χ4v) is 8.51. The molecule has 0 fully saturated rings. The van der Waals surface area contributed by atoms with E-state index in [0.717, 1.165) is 0 Å². The van der Waals surface area contributed by atoms with Crippen LogP contribution in [0.1, 0.15) is 98.4 Å². The Bertz CT molecular complexity index is 3220. The summed E-state index contributed by atoms with van der Waals surface area (Å²) < 4.78 is 0. The average molecular weight is 1240 g/mol. The van der Waals surface area contributed by atoms with Crippen LogP contribution >= 0.6 is 34.8 Å². The standard InChI is InChI=1S/C53H70Cl3N21O8/c1-26-10-11-27(72-48(84)40(8-4-20-69-52(63)64)76-44(80)33-24-29(13-16-36(33)55)71-46(82)38(57)6-2-18-67-50(59)60)22-31(26)43(79)75-39(7-3-19-68-51(61)62)47(83)74-30-14-17-37(56)34(25-30)45(81)77-41(9-5-21-70-53(65)66)49(85)73-28-12-15-35(54)32(23-28)42(58)78/h10-17,22-25,38-41H,2-9,18-21,57H2,1H3,(H2,58,78)(H,71,82)(H,72,84)(H,73,85)(H,74,83)(H,75,79)(H,76,80)(H,77,81)(H4,59,60,67)(H4,61,62,68)(H4,63,64,69)(H4,65,66,70)/t38-,39-,40-,41-/m1/s1. The molecule has 4 rings (SSSR count). The van der Waals surface area contributed by atoms with Gasteiger partial charge in [-0.25, -0.2) is 0 Å². The van der Waals surface area contributed by atoms with Gasteiger partial charge in [-0.3, -0.25) is 58.3 Å². The molecule has 0 aliphatic rings. The SMILES string of the molecule is Cc1ccc(NC(=O)[C@@H](CCCN=C(N)N)NC(=O)c2cc(NC(=O)[C@H](N)CCCN=C(N)N)ccc2Cl)cc1C(=O)N[C@H](CCCN=C(N)N)C(=O)Nc1ccc(Cl)c(C(=O)N[C@H](CCCN=C(N)N)C(=O)Nc2ccc(Cl)c(C(N)=O)c2)c1. The molecule has 0 aliphatic carbocycles. The van der Waals surface area contributed by atoms with Crippen molar-refractivity contribution in [3.8, 4) is 0 Å². The Morgan fingerprint density at radius 2 is 0.682 bits per heavy atom. The number of amides is 8. The van der Waals surface area contributed by atoms with Gasteiger partial charge in [0.25, 0.3) is 17.7 Å². The third-order valence-electron chi connectivity index (χ3n) is 12.2. The molecule has 0 unspecified atom stereocenters. The maximum atomic E-state index is 14.2. The summed E-state index contributed by atoms with van der Waals surface area (Å²) in [5.74, 6) is -6.56. The number of hydrogen-bond acceptors (Lipinski definition) is 13. The average Bonchev–Trinajstić information content (AvgIpc) is 3.34. The molecule has 0 aromatic heterocycles. The molecule has 0 spiro atoms. The smallest absolute Gasteiger partial charge is 0.253 e. The molecule has 85 heavy (non-hydrogen) atoms. The largest absolute Gasteiger partial charge is 0.370 e. The van der Waals surface area contributed by atoms with Crippen molar-refractivity contribution in [1.82, 2.24) is 16.0 Å². The molecule has 0 saturated carbocycles. The van der Waals surface area contributed by atoms with E-state index in [0.29, 0.717) is 12.0 Å². The third-order valence-corrected chi connectivity index (χ3v) is 13.2. The minimum Gasteiger partial charge on any atom is -0.370 e. The lowest BCUT2D eigenvalue weighted by atomic mass is 10.0. The number of guanidine groups is 4. The van der Waals surface area contributed by atoms with Gasteiger partial charge in [0.1, 0.15) is 18.1 Å². The fraction of sp³-hybridized carbons (Fsp3) is 0.321. The molecule has 8 amide bonds. The highest BCUT2D eigenvalue weighted by atomic mass is 35.5. The summed E-state index contributed by atoms with van der Waals surface area (Å²) in [7, 11) is 0. The lowest BCUT2D eigenvalue weighted by Crippen LogP contribution is -2.45. The molecular weight excluding hydrogens is 1170 g/mol. The Kier molecular flexibility index (Phi) is 26.9. The van der Waals surface area contributed by atoms with Crippen LogP contribution in [0, 0.1) is 6.92 Å². The summed E-state index contributed by atoms with van der Waals surface area (Å²) in [6, 6.07) is 12.0. The summed E-state index contributed by atoms with van der Waals surface area (Å²) in [4.78, 5) is 124. The highest BCUT2D eigenvalue weighted by molar-refractivity contribution is 6.35. The van der Waals surface area contributed by atoms with Gasteiger partial charge in [-0.15, -0.1) is 0 Å². The van der Waals surface area contributed by atoms with Crippen molar-refractivity contribution >= 4 is 129 Å². The van der Waals surface area contributed by atoms with Gasteiger partial charge in [0.15, 0.2) is 23.8 Å². The molecule has 4 atom stereocenters. The molecule has 27 N–H and O–H groups in total. The van der Waals surface area contributed by atoms with Crippen LogP contribution in [-0.4, -0.2) is 121 Å². The Morgan fingerprint density at radius 1 is 0.400 bits per heavy atom. The maximum absolute atomic E-state index is 14.2. The lowest BCUT2D eigenvalue weighted by Gasteiger charge is -2.21. The summed E-state index contributed by atoms with van der Waals surface area (Å²) in [6.07, 6.45) is 1.35. The van der Waals surface area contributed by atoms with Gasteiger partial charge in [-0.1, -0.05) is 40.9 Å². The minimum absolute atomic E-state index is 0.00356. The number of aliphatic imine (C=N–C) groups is 4. The van der Waals surface area contributed by atoms with E-state index in [1.54, 1.807) is 13.0 Å². The van der Waals surface area contributed by atoms with E-state index >= 15 is 0 Å². The lowest BCUT2D eigenvalue weighted by molar-refractivity contribution is -0.118. The molecule has 0 saturated heterocycles. The number of primary amides is 1. The fourth-order valence-electron chi connectivity index (χ4n) is 7.89. The van der Waals surface area contributed by atoms with Gasteiger partial charge in [0.05, 0.1) is 37.8 Å². The maximum Gasteiger partial charge on any atom is 0.253 e. The zero-order chi connectivity index (χ0) is 62.9. The summed E-state index contributed by atoms with van der Waals surface area (Å²) in [5, 5.41) is 18.8. The van der Waals surface area contributed by atoms with Crippen LogP contribution in [0.5, 0.6) is 0 Å². The number of hydrogen-bond donors (Lipinski definition) is 17. The van der Waals surface area contributed by atoms with Gasteiger partial charge in [-0.2, -0.15) is 0 Å². The number of benzene rings is 4. The number of halogens is 3. The number of nitrogens with one attached hydrogen (secondary N) is 7. The molecule has 0 heterocycles. The van der Waals surface area contributed by atoms with Crippen molar-refractivity contribution < 1.29 is 38.4 Å². The number of carbonyl (C=O) groups excluding carboxylic acids is 8. The van der Waals surface area contributed by atoms with Crippen LogP contribution in [0.2, 0.25) is 15.1 Å². The first-order valence-electron chi connectivity index (χ1n) is 26.1. The van der Waals surface area contributed by atoms with E-state index in [-0.39, 0.29) is 155 Å². The van der Waals surface area contributed by atoms with Crippen LogP contribution < -0.4 is 94.6 Å². The van der Waals surface area contributed by atoms with Gasteiger partial charge in [0, 0.05) is 54.5 Å². The predicted octanol–water partition coefficient (Wildman–Crippen LogP) is 0.746. The number of anilines is 4. The molecule has 4 aromatic rings. The second-order valence-corrected chi connectivity index (χ2v) is 20.1. The normalized spacial score (nSPS) is 12.1. The second kappa shape index (κ2) is 33.6. The third kappa shape index (κ3) is 23.0. The zero-order valence-electron chi connectivity index (χ0n) is 46.2. The molecule has 0 radical (unpaired) electrons. The minimum atomic E-state index is -1.27. The van der Waals surface area contributed by atoms with Crippen molar-refractivity contribution in [1.29, 1.82) is 0 Å². The Morgan fingerprint density at radius 3 is 1.02 bits per heavy atom. The summed E-state index contributed by atoms with van der Waals surface area (Å²) in [6.45, 7) is 2.17. The van der Waals surface area contributed by atoms with Crippen molar-refractivity contribution in [3.63, 3.8) is 0 Å². The number of nitrogens with zero attached hydrogens (tertiary/aromatic N) is 4. The van der Waals surface area contributed by atoms with Crippen LogP contribution in [0.4, 0.5) is 22.7 Å². The van der Waals surface area contributed by atoms with E-state index in [1.165, 1.54) is 66.7 Å². The Labute approximate surface area is 503 Å². The van der Waals surface area contributed by atoms with E-state index in [9.17, 15) is 38.4 Å². The molecule has 0 aliphatic heterocycles. The van der Waals surface area contributed by atoms with E-state index in [2.05, 4.69) is 57.2 Å². The molecule has 29 nitrogen and oxygen atoms in total. The van der Waals surface area contributed by atoms with E-state index < -0.39 is 71.4 Å². The number of carbonyl (C=O) groups is 8. The van der Waals surface area contributed by atoms with Gasteiger partial charge >= 0.3 is 0 Å². The monoisotopic (exact) mass is 1230 g/mol. The first kappa shape index (κ1) is 68.1. The zero-order valence-corrected chi connectivity index (χ0v) is 48.5. The van der Waals surface area contributed by atoms with E-state index in [1.807, 2.05) is 0 Å². The highest BCUT2D eigenvalue weighted by Crippen LogP contribution is 2.25. The second-order valence-electron chi connectivity index (χ2n) is 18.9. The van der Waals surface area contributed by atoms with Crippen LogP contribution in [-0.2, 0) is 19.2 Å². The van der Waals surface area contributed by atoms with Crippen LogP contribution in [0.3, 0.4) is 0 Å². The van der Waals surface area contributed by atoms with Crippen LogP contribution in [0.25, 0.3) is 0 Å². The molecule has 32 heteroatoms. The van der Waals surface area contributed by atoms with Crippen molar-refractivity contribution in [3.05, 3.63) is 116 Å². The van der Waals surface area contributed by atoms with Crippen molar-refractivity contribution in [2.75, 3.05) is 47.4 Å². The number of aryl methyl sites for hydroxylation is 1. The van der Waals surface area contributed by atoms with E-state index in [4.69, 9.17) is 92.1 Å². The molecule has 4 aromatic carbocycles. The Hall–Kier alpha value is -9.45. The summed E-state index contributed by atoms with van der Waals surface area (Å²) in [5.41, 5.74) is 55.9. The first-order chi connectivity index (χ1) is 40.2. The van der Waals surface area contributed by atoms with Crippen molar-refractivity contribution in [2.45, 2.75) is 82.5 Å². The molecule has 456 valence electrons.